The number of hydrogen-bond acceptors (Lipinski definition) is 11. The Balaban J connectivity index is 1.22. The third kappa shape index (κ3) is 8.69. The average molecular weight is 684 g/mol. The minimum absolute atomic E-state index is 0.0137. The van der Waals surface area contributed by atoms with Crippen LogP contribution in [0.5, 0.6) is 5.75 Å². The molecule has 11 nitrogen and oxygen atoms in total. The van der Waals surface area contributed by atoms with Crippen LogP contribution >= 0.6 is 18.7 Å². The molecule has 0 spiro atoms. The topological polar surface area (TPSA) is 135 Å². The minimum Gasteiger partial charge on any atom is -0.494 e. The summed E-state index contributed by atoms with van der Waals surface area (Å²) < 4.78 is 24.2. The van der Waals surface area contributed by atoms with Crippen LogP contribution in [0, 0.1) is 5.92 Å². The highest BCUT2D eigenvalue weighted by molar-refractivity contribution is 7.70. The predicted octanol–water partition coefficient (Wildman–Crippen LogP) is 6.48. The molecule has 0 bridgehead atoms. The highest BCUT2D eigenvalue weighted by Crippen LogP contribution is 2.40. The molecule has 0 aliphatic carbocycles. The minimum atomic E-state index is -2.55. The largest absolute Gasteiger partial charge is 0.494 e. The van der Waals surface area contributed by atoms with E-state index in [1.54, 1.807) is 20.4 Å². The lowest BCUT2D eigenvalue weighted by Gasteiger charge is -2.42. The van der Waals surface area contributed by atoms with Crippen LogP contribution in [0.15, 0.2) is 42.6 Å². The molecule has 0 amide bonds. The summed E-state index contributed by atoms with van der Waals surface area (Å²) in [6, 6.07) is 11.7. The smallest absolute Gasteiger partial charge is 0.309 e. The van der Waals surface area contributed by atoms with Gasteiger partial charge in [0.1, 0.15) is 23.5 Å². The van der Waals surface area contributed by atoms with E-state index in [2.05, 4.69) is 30.4 Å². The number of carbonyl (C=O) groups is 1. The Morgan fingerprint density at radius 1 is 1.02 bits per heavy atom. The molecule has 13 heteroatoms. The fourth-order valence-corrected chi connectivity index (χ4v) is 7.59. The second kappa shape index (κ2) is 14.3. The number of carbonyl (C=O) groups excluding carboxylic acids is 1. The quantitative estimate of drug-likeness (QED) is 0.130. The number of nitrogens with two attached hydrogens (primary N) is 1. The summed E-state index contributed by atoms with van der Waals surface area (Å²) in [7, 11) is -0.928. The van der Waals surface area contributed by atoms with Gasteiger partial charge >= 0.3 is 5.97 Å². The second-order valence-corrected chi connectivity index (χ2v) is 17.3. The van der Waals surface area contributed by atoms with E-state index in [0.717, 1.165) is 57.5 Å². The van der Waals surface area contributed by atoms with Crippen molar-refractivity contribution in [3.05, 3.63) is 47.6 Å². The van der Waals surface area contributed by atoms with E-state index < -0.39 is 12.7 Å². The molecule has 0 atom stereocenters. The standard InChI is InChI=1S/C34H47ClN7O4P/c1-34(2,3)46-32(43)22-11-15-41(16-12-22)23-13-17-42(18-14-23)28-20-29(45-4)27(19-25(28)36)39-33-37-21-24(35)31(40-33)38-26-9-7-8-10-30(26)47(5,6)44/h7-10,19-23H,11-18,36H2,1-6H3,(H2,37,38,39,40). The van der Waals surface area contributed by atoms with Gasteiger partial charge in [-0.15, -0.1) is 0 Å². The van der Waals surface area contributed by atoms with Gasteiger partial charge in [-0.25, -0.2) is 4.98 Å². The van der Waals surface area contributed by atoms with Crippen molar-refractivity contribution >= 4 is 64.5 Å². The lowest BCUT2D eigenvalue weighted by atomic mass is 9.93. The zero-order valence-electron chi connectivity index (χ0n) is 28.2. The highest BCUT2D eigenvalue weighted by Gasteiger charge is 2.33. The zero-order valence-corrected chi connectivity index (χ0v) is 29.8. The van der Waals surface area contributed by atoms with Gasteiger partial charge in [-0.2, -0.15) is 4.98 Å². The SMILES string of the molecule is COc1cc(N2CCC(N3CCC(C(=O)OC(C)(C)C)CC3)CC2)c(N)cc1Nc1ncc(Cl)c(Nc2ccccc2P(C)(C)=O)n1. The monoisotopic (exact) mass is 683 g/mol. The third-order valence-corrected chi connectivity index (χ3v) is 10.5. The molecule has 254 valence electrons. The van der Waals surface area contributed by atoms with Crippen molar-refractivity contribution in [1.29, 1.82) is 0 Å². The number of nitrogen functional groups attached to an aromatic ring is 1. The maximum atomic E-state index is 12.9. The summed E-state index contributed by atoms with van der Waals surface area (Å²) in [5.41, 5.74) is 9.01. The molecule has 3 heterocycles. The first-order valence-corrected chi connectivity index (χ1v) is 19.1. The van der Waals surface area contributed by atoms with Crippen molar-refractivity contribution in [2.75, 3.05) is 67.9 Å². The van der Waals surface area contributed by atoms with Crippen LogP contribution in [-0.2, 0) is 14.1 Å². The van der Waals surface area contributed by atoms with E-state index in [1.807, 2.05) is 57.2 Å². The first-order chi connectivity index (χ1) is 22.2. The summed E-state index contributed by atoms with van der Waals surface area (Å²) in [4.78, 5) is 26.3. The van der Waals surface area contributed by atoms with E-state index in [0.29, 0.717) is 50.9 Å². The normalized spacial score (nSPS) is 17.0. The van der Waals surface area contributed by atoms with Crippen LogP contribution < -0.4 is 31.3 Å². The van der Waals surface area contributed by atoms with E-state index in [4.69, 9.17) is 26.8 Å². The summed E-state index contributed by atoms with van der Waals surface area (Å²) in [5.74, 6) is 1.20. The number of anilines is 6. The van der Waals surface area contributed by atoms with Crippen molar-refractivity contribution in [3.63, 3.8) is 0 Å². The number of para-hydroxylation sites is 1. The Labute approximate surface area is 282 Å². The Morgan fingerprint density at radius 2 is 1.70 bits per heavy atom. The number of nitrogens with zero attached hydrogens (tertiary/aromatic N) is 4. The molecule has 3 aromatic rings. The number of methoxy groups -OCH3 is 1. The van der Waals surface area contributed by atoms with Crippen molar-refractivity contribution in [2.24, 2.45) is 5.92 Å². The van der Waals surface area contributed by atoms with Crippen LogP contribution in [-0.4, -0.2) is 79.1 Å². The number of benzene rings is 2. The number of aromatic nitrogens is 2. The van der Waals surface area contributed by atoms with Gasteiger partial charge in [-0.3, -0.25) is 4.79 Å². The molecular weight excluding hydrogens is 637 g/mol. The fraction of sp³-hybridized carbons (Fsp3) is 0.500. The van der Waals surface area contributed by atoms with Gasteiger partial charge in [0.15, 0.2) is 5.82 Å². The summed E-state index contributed by atoms with van der Waals surface area (Å²) in [6.07, 6.45) is 5.22. The Kier molecular flexibility index (Phi) is 10.6. The molecule has 1 aromatic heterocycles. The maximum Gasteiger partial charge on any atom is 0.309 e. The molecular formula is C34H47ClN7O4P. The van der Waals surface area contributed by atoms with Crippen LogP contribution in [0.25, 0.3) is 0 Å². The van der Waals surface area contributed by atoms with Crippen LogP contribution in [0.3, 0.4) is 0 Å². The van der Waals surface area contributed by atoms with Crippen molar-refractivity contribution in [1.82, 2.24) is 14.9 Å². The van der Waals surface area contributed by atoms with E-state index in [9.17, 15) is 9.36 Å². The molecule has 47 heavy (non-hydrogen) atoms. The molecule has 2 aromatic carbocycles. The molecule has 4 N–H and O–H groups in total. The lowest BCUT2D eigenvalue weighted by molar-refractivity contribution is -0.161. The van der Waals surface area contributed by atoms with Crippen molar-refractivity contribution < 1.29 is 18.8 Å². The van der Waals surface area contributed by atoms with E-state index in [-0.39, 0.29) is 11.9 Å². The van der Waals surface area contributed by atoms with Gasteiger partial charge in [0.25, 0.3) is 0 Å². The van der Waals surface area contributed by atoms with Crippen LogP contribution in [0.2, 0.25) is 5.02 Å². The number of ether oxygens (including phenoxy) is 2. The van der Waals surface area contributed by atoms with Gasteiger partial charge in [0.05, 0.1) is 42.0 Å². The molecule has 2 saturated heterocycles. The number of nitrogens with one attached hydrogen (secondary N) is 2. The van der Waals surface area contributed by atoms with Gasteiger partial charge in [0, 0.05) is 30.5 Å². The van der Waals surface area contributed by atoms with Gasteiger partial charge in [-0.1, -0.05) is 23.7 Å². The van der Waals surface area contributed by atoms with Crippen LogP contribution in [0.1, 0.15) is 46.5 Å². The van der Waals surface area contributed by atoms with Gasteiger partial charge in [0.2, 0.25) is 5.95 Å². The summed E-state index contributed by atoms with van der Waals surface area (Å²) in [5, 5.41) is 7.49. The number of piperidine rings is 2. The van der Waals surface area contributed by atoms with Crippen molar-refractivity contribution in [2.45, 2.75) is 58.1 Å². The molecule has 2 aliphatic heterocycles. The molecule has 0 radical (unpaired) electrons. The second-order valence-electron chi connectivity index (χ2n) is 13.7. The molecule has 5 rings (SSSR count). The van der Waals surface area contributed by atoms with Crippen molar-refractivity contribution in [3.8, 4) is 5.75 Å². The Bertz CT molecular complexity index is 1630. The Hall–Kier alpha value is -3.53. The third-order valence-electron chi connectivity index (χ3n) is 8.67. The van der Waals surface area contributed by atoms with Gasteiger partial charge < -0.3 is 40.2 Å². The summed E-state index contributed by atoms with van der Waals surface area (Å²) in [6.45, 7) is 12.8. The number of esters is 1. The van der Waals surface area contributed by atoms with E-state index in [1.165, 1.54) is 6.20 Å². The number of rotatable bonds is 9. The predicted molar refractivity (Wildman–Crippen MR) is 192 cm³/mol. The van der Waals surface area contributed by atoms with E-state index >= 15 is 0 Å². The number of hydrogen-bond donors (Lipinski definition) is 3. The molecule has 2 aliphatic rings. The molecule has 0 unspecified atom stereocenters. The van der Waals surface area contributed by atoms with Gasteiger partial charge in [-0.05, 0) is 91.1 Å². The van der Waals surface area contributed by atoms with Crippen LogP contribution in [0.4, 0.5) is 34.5 Å². The fourth-order valence-electron chi connectivity index (χ4n) is 6.30. The molecule has 2 fully saturated rings. The average Bonchev–Trinajstić information content (AvgIpc) is 3.02. The zero-order chi connectivity index (χ0) is 33.9. The number of halogens is 1. The first kappa shape index (κ1) is 34.8. The Morgan fingerprint density at radius 3 is 2.34 bits per heavy atom. The summed E-state index contributed by atoms with van der Waals surface area (Å²) >= 11 is 6.45. The number of likely N-dealkylation sites (tertiary alicyclic amines) is 1. The molecule has 0 saturated carbocycles. The lowest BCUT2D eigenvalue weighted by Crippen LogP contribution is -2.48. The first-order valence-electron chi connectivity index (χ1n) is 16.1. The highest BCUT2D eigenvalue weighted by atomic mass is 35.5. The maximum absolute atomic E-state index is 12.9.